The van der Waals surface area contributed by atoms with Crippen LogP contribution in [0.15, 0.2) is 18.2 Å². The first kappa shape index (κ1) is 10.7. The van der Waals surface area contributed by atoms with Crippen LogP contribution in [-0.2, 0) is 4.79 Å². The zero-order chi connectivity index (χ0) is 10.7. The topological polar surface area (TPSA) is 61.1 Å². The first-order valence-electron chi connectivity index (χ1n) is 3.94. The second-order valence-electron chi connectivity index (χ2n) is 2.83. The Morgan fingerprint density at radius 2 is 2.29 bits per heavy atom. The SMILES string of the molecule is CC(=O)C(Br)c1cccc(O)c1C#N. The minimum absolute atomic E-state index is 0.101. The smallest absolute Gasteiger partial charge is 0.147 e. The molecule has 0 saturated heterocycles. The van der Waals surface area contributed by atoms with Gasteiger partial charge in [-0.2, -0.15) is 5.26 Å². The first-order valence-corrected chi connectivity index (χ1v) is 4.86. The van der Waals surface area contributed by atoms with E-state index in [4.69, 9.17) is 5.26 Å². The molecule has 0 aliphatic rings. The van der Waals surface area contributed by atoms with Crippen LogP contribution in [0.3, 0.4) is 0 Å². The van der Waals surface area contributed by atoms with Crippen molar-refractivity contribution in [2.45, 2.75) is 11.8 Å². The summed E-state index contributed by atoms with van der Waals surface area (Å²) >= 11 is 3.16. The van der Waals surface area contributed by atoms with E-state index in [2.05, 4.69) is 15.9 Å². The Morgan fingerprint density at radius 3 is 2.79 bits per heavy atom. The van der Waals surface area contributed by atoms with E-state index in [1.54, 1.807) is 12.1 Å². The molecule has 1 atom stereocenters. The summed E-state index contributed by atoms with van der Waals surface area (Å²) < 4.78 is 0. The highest BCUT2D eigenvalue weighted by Gasteiger charge is 2.18. The number of carbonyl (C=O) groups is 1. The van der Waals surface area contributed by atoms with Gasteiger partial charge in [-0.05, 0) is 18.6 Å². The van der Waals surface area contributed by atoms with Gasteiger partial charge in [0.1, 0.15) is 17.6 Å². The number of nitriles is 1. The molecule has 1 rings (SSSR count). The van der Waals surface area contributed by atoms with Crippen molar-refractivity contribution in [3.05, 3.63) is 29.3 Å². The van der Waals surface area contributed by atoms with Crippen molar-refractivity contribution in [3.8, 4) is 11.8 Å². The predicted molar refractivity (Wildman–Crippen MR) is 55.2 cm³/mol. The van der Waals surface area contributed by atoms with Gasteiger partial charge in [0.2, 0.25) is 0 Å². The van der Waals surface area contributed by atoms with Crippen molar-refractivity contribution in [3.63, 3.8) is 0 Å². The quantitative estimate of drug-likeness (QED) is 0.823. The van der Waals surface area contributed by atoms with Crippen molar-refractivity contribution < 1.29 is 9.90 Å². The summed E-state index contributed by atoms with van der Waals surface area (Å²) in [7, 11) is 0. The van der Waals surface area contributed by atoms with Gasteiger partial charge < -0.3 is 5.11 Å². The fourth-order valence-corrected chi connectivity index (χ4v) is 1.49. The predicted octanol–water partition coefficient (Wildman–Crippen LogP) is 2.29. The molecule has 0 bridgehead atoms. The molecule has 0 saturated carbocycles. The third-order valence-electron chi connectivity index (χ3n) is 1.82. The van der Waals surface area contributed by atoms with E-state index in [-0.39, 0.29) is 17.1 Å². The number of benzene rings is 1. The molecule has 0 aliphatic heterocycles. The van der Waals surface area contributed by atoms with E-state index >= 15 is 0 Å². The second-order valence-corrected chi connectivity index (χ2v) is 3.74. The first-order chi connectivity index (χ1) is 6.57. The molecule has 4 heteroatoms. The Morgan fingerprint density at radius 1 is 1.64 bits per heavy atom. The molecule has 1 unspecified atom stereocenters. The zero-order valence-corrected chi connectivity index (χ0v) is 9.08. The molecule has 1 N–H and O–H groups in total. The summed E-state index contributed by atoms with van der Waals surface area (Å²) in [6.45, 7) is 1.42. The van der Waals surface area contributed by atoms with E-state index < -0.39 is 4.83 Å². The van der Waals surface area contributed by atoms with Gasteiger partial charge in [0, 0.05) is 0 Å². The lowest BCUT2D eigenvalue weighted by atomic mass is 10.0. The van der Waals surface area contributed by atoms with Gasteiger partial charge in [0.25, 0.3) is 0 Å². The van der Waals surface area contributed by atoms with Gasteiger partial charge in [-0.25, -0.2) is 0 Å². The van der Waals surface area contributed by atoms with Crippen LogP contribution in [0.25, 0.3) is 0 Å². The Balaban J connectivity index is 3.29. The van der Waals surface area contributed by atoms with Gasteiger partial charge in [0.05, 0.1) is 10.4 Å². The standard InChI is InChI=1S/C10H8BrNO2/c1-6(13)10(11)7-3-2-4-9(14)8(7)5-12/h2-4,10,14H,1H3. The van der Waals surface area contributed by atoms with Crippen molar-refractivity contribution in [1.29, 1.82) is 5.26 Å². The summed E-state index contributed by atoms with van der Waals surface area (Å²) in [5.74, 6) is -0.206. The second kappa shape index (κ2) is 4.25. The van der Waals surface area contributed by atoms with Crippen molar-refractivity contribution in [1.82, 2.24) is 0 Å². The van der Waals surface area contributed by atoms with Crippen molar-refractivity contribution >= 4 is 21.7 Å². The van der Waals surface area contributed by atoms with Gasteiger partial charge in [-0.1, -0.05) is 28.1 Å². The van der Waals surface area contributed by atoms with Crippen LogP contribution >= 0.6 is 15.9 Å². The normalized spacial score (nSPS) is 11.8. The van der Waals surface area contributed by atoms with Crippen LogP contribution in [0.4, 0.5) is 0 Å². The van der Waals surface area contributed by atoms with Gasteiger partial charge in [0.15, 0.2) is 0 Å². The van der Waals surface area contributed by atoms with E-state index in [9.17, 15) is 9.90 Å². The molecule has 0 aromatic heterocycles. The number of aromatic hydroxyl groups is 1. The van der Waals surface area contributed by atoms with E-state index in [0.29, 0.717) is 5.56 Å². The van der Waals surface area contributed by atoms with Crippen LogP contribution in [0.5, 0.6) is 5.75 Å². The lowest BCUT2D eigenvalue weighted by Gasteiger charge is -2.08. The molecule has 1 aromatic carbocycles. The van der Waals surface area contributed by atoms with Crippen LogP contribution in [0.2, 0.25) is 0 Å². The summed E-state index contributed by atoms with van der Waals surface area (Å²) in [5, 5.41) is 18.2. The zero-order valence-electron chi connectivity index (χ0n) is 7.49. The molecule has 14 heavy (non-hydrogen) atoms. The molecule has 3 nitrogen and oxygen atoms in total. The molecule has 0 aliphatic carbocycles. The number of halogens is 1. The molecular weight excluding hydrogens is 246 g/mol. The maximum atomic E-state index is 11.1. The minimum atomic E-state index is -0.538. The highest BCUT2D eigenvalue weighted by molar-refractivity contribution is 9.09. The largest absolute Gasteiger partial charge is 0.507 e. The minimum Gasteiger partial charge on any atom is -0.507 e. The average Bonchev–Trinajstić information content (AvgIpc) is 2.16. The molecule has 0 spiro atoms. The number of hydrogen-bond acceptors (Lipinski definition) is 3. The summed E-state index contributed by atoms with van der Waals surface area (Å²) in [4.78, 5) is 10.5. The summed E-state index contributed by atoms with van der Waals surface area (Å²) in [6, 6.07) is 6.52. The number of phenols is 1. The Hall–Kier alpha value is -1.34. The number of alkyl halides is 1. The van der Waals surface area contributed by atoms with E-state index in [1.165, 1.54) is 13.0 Å². The molecule has 1 aromatic rings. The van der Waals surface area contributed by atoms with Gasteiger partial charge >= 0.3 is 0 Å². The molecule has 72 valence electrons. The highest BCUT2D eigenvalue weighted by Crippen LogP contribution is 2.30. The molecule has 0 amide bonds. The Bertz CT molecular complexity index is 409. The fourth-order valence-electron chi connectivity index (χ4n) is 1.11. The lowest BCUT2D eigenvalue weighted by Crippen LogP contribution is -2.03. The average molecular weight is 254 g/mol. The van der Waals surface area contributed by atoms with Crippen molar-refractivity contribution in [2.75, 3.05) is 0 Å². The lowest BCUT2D eigenvalue weighted by molar-refractivity contribution is -0.116. The van der Waals surface area contributed by atoms with Crippen LogP contribution in [0.1, 0.15) is 22.9 Å². The van der Waals surface area contributed by atoms with Crippen molar-refractivity contribution in [2.24, 2.45) is 0 Å². The maximum absolute atomic E-state index is 11.1. The number of rotatable bonds is 2. The van der Waals surface area contributed by atoms with Crippen LogP contribution in [-0.4, -0.2) is 10.9 Å². The van der Waals surface area contributed by atoms with Crippen LogP contribution in [0, 0.1) is 11.3 Å². The maximum Gasteiger partial charge on any atom is 0.147 e. The molecular formula is C10H8BrNO2. The number of ketones is 1. The van der Waals surface area contributed by atoms with Crippen LogP contribution < -0.4 is 0 Å². The number of nitrogens with zero attached hydrogens (tertiary/aromatic N) is 1. The van der Waals surface area contributed by atoms with E-state index in [0.717, 1.165) is 0 Å². The summed E-state index contributed by atoms with van der Waals surface area (Å²) in [6.07, 6.45) is 0. The highest BCUT2D eigenvalue weighted by atomic mass is 79.9. The number of Topliss-reactive ketones (excluding diaryl/α,β-unsaturated/α-hetero) is 1. The molecule has 0 radical (unpaired) electrons. The monoisotopic (exact) mass is 253 g/mol. The fraction of sp³-hybridized carbons (Fsp3) is 0.200. The number of carbonyl (C=O) groups excluding carboxylic acids is 1. The summed E-state index contributed by atoms with van der Waals surface area (Å²) in [5.41, 5.74) is 0.643. The van der Waals surface area contributed by atoms with Gasteiger partial charge in [-0.3, -0.25) is 4.79 Å². The number of phenolic OH excluding ortho intramolecular Hbond substituents is 1. The van der Waals surface area contributed by atoms with E-state index in [1.807, 2.05) is 6.07 Å². The third-order valence-corrected chi connectivity index (χ3v) is 2.95. The Kier molecular flexibility index (Phi) is 3.26. The van der Waals surface area contributed by atoms with Gasteiger partial charge in [-0.15, -0.1) is 0 Å². The Labute approximate surface area is 90.1 Å². The number of hydrogen-bond donors (Lipinski definition) is 1. The molecule has 0 fully saturated rings. The molecule has 0 heterocycles. The third kappa shape index (κ3) is 1.94.